The molecule has 2 aliphatic rings. The number of halogens is 1. The van der Waals surface area contributed by atoms with Crippen molar-refractivity contribution in [1.29, 1.82) is 0 Å². The number of benzene rings is 1. The maximum Gasteiger partial charge on any atom is 0.0661 e. The largest absolute Gasteiger partial charge is 0.378 e. The van der Waals surface area contributed by atoms with E-state index in [-0.39, 0.29) is 0 Å². The van der Waals surface area contributed by atoms with Crippen LogP contribution >= 0.6 is 11.6 Å². The van der Waals surface area contributed by atoms with Crippen LogP contribution in [-0.2, 0) is 4.74 Å². The maximum atomic E-state index is 6.08. The molecule has 0 aromatic heterocycles. The van der Waals surface area contributed by atoms with Crippen LogP contribution in [0.15, 0.2) is 24.3 Å². The third kappa shape index (κ3) is 2.38. The Kier molecular flexibility index (Phi) is 4.07. The van der Waals surface area contributed by atoms with E-state index in [1.54, 1.807) is 0 Å². The second-order valence-electron chi connectivity index (χ2n) is 6.26. The van der Waals surface area contributed by atoms with Gasteiger partial charge >= 0.3 is 0 Å². The number of rotatable bonds is 5. The molecule has 2 nitrogen and oxygen atoms in total. The van der Waals surface area contributed by atoms with Gasteiger partial charge in [0.1, 0.15) is 0 Å². The van der Waals surface area contributed by atoms with E-state index >= 15 is 0 Å². The lowest BCUT2D eigenvalue weighted by Crippen LogP contribution is -2.67. The van der Waals surface area contributed by atoms with Gasteiger partial charge in [0.05, 0.1) is 6.10 Å². The smallest absolute Gasteiger partial charge is 0.0661 e. The van der Waals surface area contributed by atoms with Crippen LogP contribution in [0.3, 0.4) is 0 Å². The third-order valence-corrected chi connectivity index (χ3v) is 5.47. The number of ether oxygens (including phenoxy) is 1. The monoisotopic (exact) mass is 293 g/mol. The standard InChI is InChI=1S/C17H24ClNO/c1-3-20-16-11-15(17(16)8-5-9-17)19-12(2)13-6-4-7-14(18)10-13/h4,6-7,10,12,15-16,19H,3,5,8-9,11H2,1-2H3/t12-,15?,16?/m0/s1. The summed E-state index contributed by atoms with van der Waals surface area (Å²) in [4.78, 5) is 0. The minimum atomic E-state index is 0.346. The Morgan fingerprint density at radius 1 is 1.45 bits per heavy atom. The van der Waals surface area contributed by atoms with Crippen LogP contribution in [0.4, 0.5) is 0 Å². The SMILES string of the molecule is CCOC1CC(N[C@@H](C)c2cccc(Cl)c2)C12CCC2. The van der Waals surface area contributed by atoms with Crippen molar-refractivity contribution in [3.05, 3.63) is 34.9 Å². The molecule has 0 saturated heterocycles. The molecule has 1 spiro atoms. The molecular weight excluding hydrogens is 270 g/mol. The Bertz CT molecular complexity index is 472. The van der Waals surface area contributed by atoms with E-state index in [1.807, 2.05) is 12.1 Å². The lowest BCUT2D eigenvalue weighted by Gasteiger charge is -2.61. The molecule has 2 fully saturated rings. The van der Waals surface area contributed by atoms with Crippen LogP contribution in [0.2, 0.25) is 5.02 Å². The summed E-state index contributed by atoms with van der Waals surface area (Å²) in [5, 5.41) is 4.62. The first-order valence-electron chi connectivity index (χ1n) is 7.79. The topological polar surface area (TPSA) is 21.3 Å². The second-order valence-corrected chi connectivity index (χ2v) is 6.70. The molecule has 0 amide bonds. The molecule has 2 aliphatic carbocycles. The molecule has 1 aromatic carbocycles. The van der Waals surface area contributed by atoms with E-state index in [0.717, 1.165) is 18.1 Å². The molecule has 20 heavy (non-hydrogen) atoms. The van der Waals surface area contributed by atoms with Crippen LogP contribution < -0.4 is 5.32 Å². The van der Waals surface area contributed by atoms with Crippen molar-refractivity contribution in [2.75, 3.05) is 6.61 Å². The van der Waals surface area contributed by atoms with E-state index in [1.165, 1.54) is 24.8 Å². The highest BCUT2D eigenvalue weighted by atomic mass is 35.5. The van der Waals surface area contributed by atoms with E-state index in [2.05, 4.69) is 31.3 Å². The van der Waals surface area contributed by atoms with Gasteiger partial charge < -0.3 is 10.1 Å². The summed E-state index contributed by atoms with van der Waals surface area (Å²) in [7, 11) is 0. The first kappa shape index (κ1) is 14.4. The fraction of sp³-hybridized carbons (Fsp3) is 0.647. The van der Waals surface area contributed by atoms with E-state index in [0.29, 0.717) is 23.6 Å². The predicted octanol–water partition coefficient (Wildman–Crippen LogP) is 4.34. The number of nitrogens with one attached hydrogen (secondary N) is 1. The number of hydrogen-bond donors (Lipinski definition) is 1. The third-order valence-electron chi connectivity index (χ3n) is 5.24. The molecule has 110 valence electrons. The molecule has 1 aromatic rings. The highest BCUT2D eigenvalue weighted by Crippen LogP contribution is 2.57. The lowest BCUT2D eigenvalue weighted by molar-refractivity contribution is -0.174. The molecule has 0 radical (unpaired) electrons. The van der Waals surface area contributed by atoms with Gasteiger partial charge in [-0.1, -0.05) is 30.2 Å². The highest BCUT2D eigenvalue weighted by molar-refractivity contribution is 6.30. The fourth-order valence-electron chi connectivity index (χ4n) is 3.85. The summed E-state index contributed by atoms with van der Waals surface area (Å²) in [6, 6.07) is 9.11. The van der Waals surface area contributed by atoms with E-state index in [9.17, 15) is 0 Å². The highest BCUT2D eigenvalue weighted by Gasteiger charge is 2.58. The molecule has 0 aliphatic heterocycles. The minimum Gasteiger partial charge on any atom is -0.378 e. The summed E-state index contributed by atoms with van der Waals surface area (Å²) in [5.41, 5.74) is 1.69. The minimum absolute atomic E-state index is 0.346. The number of hydrogen-bond acceptors (Lipinski definition) is 2. The van der Waals surface area contributed by atoms with Crippen LogP contribution in [0, 0.1) is 5.41 Å². The van der Waals surface area contributed by atoms with Crippen LogP contribution in [0.1, 0.15) is 51.1 Å². The van der Waals surface area contributed by atoms with Gasteiger partial charge in [0.25, 0.3) is 0 Å². The van der Waals surface area contributed by atoms with Crippen molar-refractivity contribution in [2.45, 2.75) is 57.7 Å². The summed E-state index contributed by atoms with van der Waals surface area (Å²) in [5.74, 6) is 0. The van der Waals surface area contributed by atoms with Crippen molar-refractivity contribution in [1.82, 2.24) is 5.32 Å². The average Bonchev–Trinajstić information content (AvgIpc) is 2.35. The van der Waals surface area contributed by atoms with Crippen molar-refractivity contribution >= 4 is 11.6 Å². The zero-order valence-corrected chi connectivity index (χ0v) is 13.1. The Morgan fingerprint density at radius 2 is 2.25 bits per heavy atom. The van der Waals surface area contributed by atoms with Gasteiger partial charge in [-0.25, -0.2) is 0 Å². The summed E-state index contributed by atoms with van der Waals surface area (Å²) < 4.78 is 5.91. The quantitative estimate of drug-likeness (QED) is 0.872. The normalized spacial score (nSPS) is 28.8. The van der Waals surface area contributed by atoms with Crippen molar-refractivity contribution in [2.24, 2.45) is 5.41 Å². The Labute approximate surface area is 126 Å². The van der Waals surface area contributed by atoms with Crippen molar-refractivity contribution < 1.29 is 4.74 Å². The van der Waals surface area contributed by atoms with Gasteiger partial charge in [-0.3, -0.25) is 0 Å². The summed E-state index contributed by atoms with van der Waals surface area (Å²) >= 11 is 6.08. The van der Waals surface area contributed by atoms with Gasteiger partial charge in [0.2, 0.25) is 0 Å². The molecular formula is C17H24ClNO. The second kappa shape index (κ2) is 5.67. The van der Waals surface area contributed by atoms with Gasteiger partial charge in [-0.15, -0.1) is 0 Å². The molecule has 0 heterocycles. The predicted molar refractivity (Wildman–Crippen MR) is 83.1 cm³/mol. The zero-order chi connectivity index (χ0) is 14.2. The van der Waals surface area contributed by atoms with Gasteiger partial charge in [0, 0.05) is 29.1 Å². The van der Waals surface area contributed by atoms with Gasteiger partial charge in [-0.05, 0) is 50.8 Å². The van der Waals surface area contributed by atoms with Crippen LogP contribution in [0.5, 0.6) is 0 Å². The van der Waals surface area contributed by atoms with Gasteiger partial charge in [-0.2, -0.15) is 0 Å². The van der Waals surface area contributed by atoms with E-state index in [4.69, 9.17) is 16.3 Å². The van der Waals surface area contributed by atoms with Crippen molar-refractivity contribution in [3.8, 4) is 0 Å². The average molecular weight is 294 g/mol. The van der Waals surface area contributed by atoms with Crippen LogP contribution in [0.25, 0.3) is 0 Å². The Morgan fingerprint density at radius 3 is 2.85 bits per heavy atom. The molecule has 1 N–H and O–H groups in total. The zero-order valence-electron chi connectivity index (χ0n) is 12.4. The summed E-state index contributed by atoms with van der Waals surface area (Å²) in [6.45, 7) is 5.16. The van der Waals surface area contributed by atoms with Crippen LogP contribution in [-0.4, -0.2) is 18.8 Å². The lowest BCUT2D eigenvalue weighted by atomic mass is 9.51. The summed E-state index contributed by atoms with van der Waals surface area (Å²) in [6.07, 6.45) is 5.62. The maximum absolute atomic E-state index is 6.08. The molecule has 3 rings (SSSR count). The van der Waals surface area contributed by atoms with Crippen molar-refractivity contribution in [3.63, 3.8) is 0 Å². The van der Waals surface area contributed by atoms with E-state index < -0.39 is 0 Å². The fourth-order valence-corrected chi connectivity index (χ4v) is 4.04. The Balaban J connectivity index is 1.64. The molecule has 0 bridgehead atoms. The molecule has 3 heteroatoms. The first-order chi connectivity index (χ1) is 9.65. The molecule has 2 unspecified atom stereocenters. The first-order valence-corrected chi connectivity index (χ1v) is 8.16. The molecule has 3 atom stereocenters. The Hall–Kier alpha value is -0.570. The molecule has 2 saturated carbocycles. The van der Waals surface area contributed by atoms with Gasteiger partial charge in [0.15, 0.2) is 0 Å².